The Hall–Kier alpha value is -2.25. The molecule has 1 N–H and O–H groups in total. The molecule has 2 heterocycles. The predicted molar refractivity (Wildman–Crippen MR) is 95.2 cm³/mol. The molecule has 1 aromatic carbocycles. The van der Waals surface area contributed by atoms with Crippen molar-refractivity contribution in [1.82, 2.24) is 14.6 Å². The van der Waals surface area contributed by atoms with Crippen LogP contribution in [0.25, 0.3) is 4.96 Å². The fraction of sp³-hybridized carbons (Fsp3) is 0.250. The Labute approximate surface area is 147 Å². The highest BCUT2D eigenvalue weighted by Gasteiger charge is 2.16. The first-order valence-corrected chi connectivity index (χ1v) is 8.65. The fourth-order valence-corrected chi connectivity index (χ4v) is 3.31. The fourth-order valence-electron chi connectivity index (χ4n) is 2.10. The topological polar surface area (TPSA) is 76.4 Å². The molecule has 6 nitrogen and oxygen atoms in total. The summed E-state index contributed by atoms with van der Waals surface area (Å²) in [6.45, 7) is 4.10. The van der Waals surface area contributed by atoms with E-state index in [4.69, 9.17) is 11.6 Å². The number of nitrogens with zero attached hydrogens (tertiary/aromatic N) is 3. The van der Waals surface area contributed by atoms with Crippen LogP contribution in [0.3, 0.4) is 0 Å². The third-order valence-corrected chi connectivity index (χ3v) is 5.19. The quantitative estimate of drug-likeness (QED) is 0.769. The van der Waals surface area contributed by atoms with Crippen molar-refractivity contribution < 1.29 is 4.79 Å². The van der Waals surface area contributed by atoms with E-state index < -0.39 is 11.5 Å². The van der Waals surface area contributed by atoms with Crippen molar-refractivity contribution in [1.29, 1.82) is 0 Å². The van der Waals surface area contributed by atoms with Crippen LogP contribution in [0.2, 0.25) is 5.02 Å². The van der Waals surface area contributed by atoms with Crippen molar-refractivity contribution in [3.05, 3.63) is 56.4 Å². The minimum Gasteiger partial charge on any atom is -0.316 e. The molecule has 0 bridgehead atoms. The van der Waals surface area contributed by atoms with Gasteiger partial charge in [0.1, 0.15) is 10.7 Å². The number of carbonyl (C=O) groups is 1. The van der Waals surface area contributed by atoms with E-state index in [0.717, 1.165) is 11.4 Å². The van der Waals surface area contributed by atoms with Gasteiger partial charge in [-0.3, -0.25) is 9.59 Å². The van der Waals surface area contributed by atoms with Crippen LogP contribution >= 0.6 is 22.9 Å². The monoisotopic (exact) mass is 362 g/mol. The molecule has 1 atom stereocenters. The standard InChI is InChI=1S/C16H15ClN4O2S/c1-3-9(2)14-20-21-15(23)12(8-18-16(21)24-14)19-13(22)10-6-4-5-7-11(10)17/h4-9H,3H2,1-2H3,(H,19,22)/t9-/m1/s1. The molecular formula is C16H15ClN4O2S. The van der Waals surface area contributed by atoms with Gasteiger partial charge in [-0.2, -0.15) is 9.61 Å². The molecule has 0 saturated carbocycles. The number of hydrogen-bond acceptors (Lipinski definition) is 5. The van der Waals surface area contributed by atoms with Gasteiger partial charge in [0.2, 0.25) is 4.96 Å². The van der Waals surface area contributed by atoms with E-state index in [1.807, 2.05) is 6.92 Å². The van der Waals surface area contributed by atoms with E-state index in [1.54, 1.807) is 24.3 Å². The number of fused-ring (bicyclic) bond motifs is 1. The Morgan fingerprint density at radius 1 is 1.42 bits per heavy atom. The van der Waals surface area contributed by atoms with Gasteiger partial charge in [-0.25, -0.2) is 4.98 Å². The second-order valence-corrected chi connectivity index (χ2v) is 6.75. The number of nitrogens with one attached hydrogen (secondary N) is 1. The van der Waals surface area contributed by atoms with E-state index in [2.05, 4.69) is 22.3 Å². The summed E-state index contributed by atoms with van der Waals surface area (Å²) in [6.07, 6.45) is 2.27. The number of aromatic nitrogens is 3. The molecule has 3 rings (SSSR count). The first-order valence-electron chi connectivity index (χ1n) is 7.46. The van der Waals surface area contributed by atoms with Crippen LogP contribution < -0.4 is 10.9 Å². The van der Waals surface area contributed by atoms with E-state index in [0.29, 0.717) is 15.5 Å². The lowest BCUT2D eigenvalue weighted by Crippen LogP contribution is -2.23. The van der Waals surface area contributed by atoms with Gasteiger partial charge in [0, 0.05) is 5.92 Å². The van der Waals surface area contributed by atoms with Gasteiger partial charge in [-0.05, 0) is 18.6 Å². The lowest BCUT2D eigenvalue weighted by Gasteiger charge is -2.05. The molecule has 1 amide bonds. The summed E-state index contributed by atoms with van der Waals surface area (Å²) in [5.74, 6) is -0.214. The lowest BCUT2D eigenvalue weighted by atomic mass is 10.1. The normalized spacial score (nSPS) is 12.3. The van der Waals surface area contributed by atoms with Crippen molar-refractivity contribution in [2.75, 3.05) is 5.32 Å². The van der Waals surface area contributed by atoms with Crippen LogP contribution in [0.5, 0.6) is 0 Å². The van der Waals surface area contributed by atoms with Crippen LogP contribution in [0, 0.1) is 0 Å². The molecule has 0 radical (unpaired) electrons. The van der Waals surface area contributed by atoms with E-state index >= 15 is 0 Å². The highest BCUT2D eigenvalue weighted by atomic mass is 35.5. The summed E-state index contributed by atoms with van der Waals surface area (Å²) >= 11 is 7.38. The van der Waals surface area contributed by atoms with Crippen LogP contribution in [0.4, 0.5) is 5.69 Å². The van der Waals surface area contributed by atoms with Gasteiger partial charge in [0.05, 0.1) is 16.8 Å². The molecular weight excluding hydrogens is 348 g/mol. The number of rotatable bonds is 4. The molecule has 24 heavy (non-hydrogen) atoms. The first kappa shape index (κ1) is 16.6. The summed E-state index contributed by atoms with van der Waals surface area (Å²) in [5, 5.41) is 8.04. The van der Waals surface area contributed by atoms with Crippen molar-refractivity contribution in [3.8, 4) is 0 Å². The predicted octanol–water partition coefficient (Wildman–Crippen LogP) is 3.57. The molecule has 0 unspecified atom stereocenters. The van der Waals surface area contributed by atoms with Crippen molar-refractivity contribution in [2.45, 2.75) is 26.2 Å². The third-order valence-electron chi connectivity index (χ3n) is 3.70. The van der Waals surface area contributed by atoms with E-state index in [-0.39, 0.29) is 11.6 Å². The summed E-state index contributed by atoms with van der Waals surface area (Å²) in [7, 11) is 0. The lowest BCUT2D eigenvalue weighted by molar-refractivity contribution is 0.102. The average Bonchev–Trinajstić information content (AvgIpc) is 3.02. The number of amides is 1. The van der Waals surface area contributed by atoms with Gasteiger partial charge >= 0.3 is 0 Å². The SMILES string of the molecule is CC[C@@H](C)c1nn2c(=O)c(NC(=O)c3ccccc3Cl)cnc2s1. The van der Waals surface area contributed by atoms with Gasteiger partial charge < -0.3 is 5.32 Å². The maximum absolute atomic E-state index is 12.5. The van der Waals surface area contributed by atoms with E-state index in [1.165, 1.54) is 22.0 Å². The number of hydrogen-bond donors (Lipinski definition) is 1. The molecule has 0 aliphatic rings. The number of anilines is 1. The molecule has 2 aromatic heterocycles. The van der Waals surface area contributed by atoms with Crippen molar-refractivity contribution in [3.63, 3.8) is 0 Å². The van der Waals surface area contributed by atoms with Crippen LogP contribution in [0.1, 0.15) is 41.6 Å². The number of benzene rings is 1. The molecule has 8 heteroatoms. The molecule has 124 valence electrons. The summed E-state index contributed by atoms with van der Waals surface area (Å²) < 4.78 is 1.23. The van der Waals surface area contributed by atoms with Gasteiger partial charge in [-0.15, -0.1) is 0 Å². The second kappa shape index (κ2) is 6.70. The molecule has 0 saturated heterocycles. The number of carbonyl (C=O) groups excluding carboxylic acids is 1. The largest absolute Gasteiger partial charge is 0.316 e. The minimum atomic E-state index is -0.461. The van der Waals surface area contributed by atoms with Crippen molar-refractivity contribution >= 4 is 39.5 Å². The Morgan fingerprint density at radius 2 is 2.17 bits per heavy atom. The Morgan fingerprint density at radius 3 is 2.88 bits per heavy atom. The van der Waals surface area contributed by atoms with Crippen LogP contribution in [0.15, 0.2) is 35.3 Å². The second-order valence-electron chi connectivity index (χ2n) is 5.35. The maximum Gasteiger partial charge on any atom is 0.298 e. The first-order chi connectivity index (χ1) is 11.5. The zero-order valence-electron chi connectivity index (χ0n) is 13.1. The maximum atomic E-state index is 12.5. The molecule has 0 spiro atoms. The Kier molecular flexibility index (Phi) is 4.64. The average molecular weight is 363 g/mol. The highest BCUT2D eigenvalue weighted by molar-refractivity contribution is 7.16. The zero-order valence-corrected chi connectivity index (χ0v) is 14.7. The zero-order chi connectivity index (χ0) is 17.3. The van der Waals surface area contributed by atoms with Crippen molar-refractivity contribution in [2.24, 2.45) is 0 Å². The summed E-state index contributed by atoms with van der Waals surface area (Å²) in [5.41, 5.74) is -0.0492. The highest BCUT2D eigenvalue weighted by Crippen LogP contribution is 2.23. The minimum absolute atomic E-state index is 0.0680. The molecule has 0 aliphatic carbocycles. The molecule has 0 aliphatic heterocycles. The number of halogens is 1. The molecule has 3 aromatic rings. The van der Waals surface area contributed by atoms with Gasteiger partial charge in [0.25, 0.3) is 11.5 Å². The Bertz CT molecular complexity index is 966. The van der Waals surface area contributed by atoms with Gasteiger partial charge in [0.15, 0.2) is 0 Å². The summed E-state index contributed by atoms with van der Waals surface area (Å²) in [6, 6.07) is 6.63. The van der Waals surface area contributed by atoms with Crippen LogP contribution in [-0.2, 0) is 0 Å². The van der Waals surface area contributed by atoms with Gasteiger partial charge in [-0.1, -0.05) is 48.9 Å². The Balaban J connectivity index is 1.96. The van der Waals surface area contributed by atoms with E-state index in [9.17, 15) is 9.59 Å². The summed E-state index contributed by atoms with van der Waals surface area (Å²) in [4.78, 5) is 29.5. The van der Waals surface area contributed by atoms with Crippen LogP contribution in [-0.4, -0.2) is 20.5 Å². The molecule has 0 fully saturated rings. The smallest absolute Gasteiger partial charge is 0.298 e. The third kappa shape index (κ3) is 3.05.